The molecule has 24 heavy (non-hydrogen) atoms. The van der Waals surface area contributed by atoms with Gasteiger partial charge in [0, 0.05) is 22.5 Å². The van der Waals surface area contributed by atoms with Crippen LogP contribution in [0.1, 0.15) is 37.7 Å². The van der Waals surface area contributed by atoms with Gasteiger partial charge in [-0.2, -0.15) is 0 Å². The number of benzene rings is 1. The Bertz CT molecular complexity index is 662. The Morgan fingerprint density at radius 1 is 1.12 bits per heavy atom. The van der Waals surface area contributed by atoms with Crippen molar-refractivity contribution < 1.29 is 4.74 Å². The van der Waals surface area contributed by atoms with Gasteiger partial charge in [-0.05, 0) is 81.1 Å². The van der Waals surface area contributed by atoms with Crippen LogP contribution in [0.5, 0.6) is 5.75 Å². The zero-order chi connectivity index (χ0) is 16.1. The van der Waals surface area contributed by atoms with E-state index in [0.717, 1.165) is 41.6 Å². The number of allylic oxidation sites excluding steroid dienone is 2. The van der Waals surface area contributed by atoms with Gasteiger partial charge in [-0.15, -0.1) is 0 Å². The zero-order valence-electron chi connectivity index (χ0n) is 14.2. The van der Waals surface area contributed by atoms with Crippen LogP contribution in [0.3, 0.4) is 0 Å². The summed E-state index contributed by atoms with van der Waals surface area (Å²) in [5, 5.41) is 0.842. The molecule has 4 aliphatic rings. The van der Waals surface area contributed by atoms with E-state index in [9.17, 15) is 0 Å². The van der Waals surface area contributed by atoms with Crippen LogP contribution in [0.15, 0.2) is 30.4 Å². The fourth-order valence-corrected chi connectivity index (χ4v) is 5.82. The minimum Gasteiger partial charge on any atom is -0.493 e. The minimum atomic E-state index is 0.295. The summed E-state index contributed by atoms with van der Waals surface area (Å²) >= 11 is 6.28. The molecule has 2 nitrogen and oxygen atoms in total. The van der Waals surface area contributed by atoms with E-state index >= 15 is 0 Å². The number of hydrogen-bond donors (Lipinski definition) is 0. The SMILES string of the molecule is Clc1ccc2c(c1)C1(CCO2)CCN(C[C@H]2C[C@H]3C=C[C@@H]2C3)CC1. The van der Waals surface area contributed by atoms with Crippen LogP contribution in [0.4, 0.5) is 0 Å². The molecule has 0 amide bonds. The summed E-state index contributed by atoms with van der Waals surface area (Å²) in [7, 11) is 0. The molecule has 0 unspecified atom stereocenters. The predicted molar refractivity (Wildman–Crippen MR) is 97.8 cm³/mol. The maximum atomic E-state index is 6.28. The van der Waals surface area contributed by atoms with Gasteiger partial charge in [-0.1, -0.05) is 23.8 Å². The second-order valence-corrected chi connectivity index (χ2v) is 8.80. The number of hydrogen-bond acceptors (Lipinski definition) is 2. The zero-order valence-corrected chi connectivity index (χ0v) is 15.0. The van der Waals surface area contributed by atoms with Crippen molar-refractivity contribution in [3.8, 4) is 5.75 Å². The third-order valence-corrected chi connectivity index (χ3v) is 7.31. The second-order valence-electron chi connectivity index (χ2n) is 8.36. The van der Waals surface area contributed by atoms with Crippen molar-refractivity contribution in [3.63, 3.8) is 0 Å². The average Bonchev–Trinajstić information content (AvgIpc) is 3.21. The molecule has 1 aromatic carbocycles. The van der Waals surface area contributed by atoms with Gasteiger partial charge >= 0.3 is 0 Å². The predicted octanol–water partition coefficient (Wildman–Crippen LogP) is 4.67. The van der Waals surface area contributed by atoms with Crippen LogP contribution in [0.25, 0.3) is 0 Å². The highest BCUT2D eigenvalue weighted by Gasteiger charge is 2.42. The molecule has 0 radical (unpaired) electrons. The molecule has 5 rings (SSSR count). The first-order chi connectivity index (χ1) is 11.7. The van der Waals surface area contributed by atoms with Crippen molar-refractivity contribution >= 4 is 11.6 Å². The van der Waals surface area contributed by atoms with Crippen molar-refractivity contribution in [2.45, 2.75) is 37.5 Å². The molecule has 1 aromatic rings. The number of fused-ring (bicyclic) bond motifs is 4. The average molecular weight is 344 g/mol. The molecule has 0 N–H and O–H groups in total. The summed E-state index contributed by atoms with van der Waals surface area (Å²) in [5.74, 6) is 3.73. The summed E-state index contributed by atoms with van der Waals surface area (Å²) in [6.45, 7) is 4.61. The molecule has 1 saturated carbocycles. The van der Waals surface area contributed by atoms with Gasteiger partial charge in [-0.3, -0.25) is 0 Å². The monoisotopic (exact) mass is 343 g/mol. The highest BCUT2D eigenvalue weighted by atomic mass is 35.5. The number of piperidine rings is 1. The fraction of sp³-hybridized carbons (Fsp3) is 0.619. The van der Waals surface area contributed by atoms with E-state index in [1.165, 1.54) is 50.9 Å². The Labute approximate surface area is 149 Å². The first kappa shape index (κ1) is 15.3. The number of halogens is 1. The van der Waals surface area contributed by atoms with Crippen LogP contribution < -0.4 is 4.74 Å². The fourth-order valence-electron chi connectivity index (χ4n) is 5.65. The lowest BCUT2D eigenvalue weighted by molar-refractivity contribution is 0.102. The smallest absolute Gasteiger partial charge is 0.123 e. The molecule has 2 aliphatic heterocycles. The standard InChI is InChI=1S/C21H26ClNO/c22-18-3-4-20-19(13-18)21(7-10-24-20)5-8-23(9-6-21)14-17-12-15-1-2-16(17)11-15/h1-4,13,15-17H,5-12,14H2/t15-,16+,17+/m0/s1. The van der Waals surface area contributed by atoms with Gasteiger partial charge in [0.05, 0.1) is 6.61 Å². The van der Waals surface area contributed by atoms with Crippen molar-refractivity contribution in [3.05, 3.63) is 40.9 Å². The molecule has 1 spiro atoms. The molecule has 128 valence electrons. The molecule has 1 saturated heterocycles. The Kier molecular flexibility index (Phi) is 3.68. The van der Waals surface area contributed by atoms with Gasteiger partial charge in [0.25, 0.3) is 0 Å². The maximum Gasteiger partial charge on any atom is 0.123 e. The van der Waals surface area contributed by atoms with E-state index in [1.807, 2.05) is 6.07 Å². The van der Waals surface area contributed by atoms with E-state index in [2.05, 4.69) is 29.2 Å². The quantitative estimate of drug-likeness (QED) is 0.724. The summed E-state index contributed by atoms with van der Waals surface area (Å²) in [6, 6.07) is 6.18. The maximum absolute atomic E-state index is 6.28. The third-order valence-electron chi connectivity index (χ3n) is 7.07. The summed E-state index contributed by atoms with van der Waals surface area (Å²) < 4.78 is 5.89. The van der Waals surface area contributed by atoms with Crippen molar-refractivity contribution in [1.29, 1.82) is 0 Å². The van der Waals surface area contributed by atoms with Crippen LogP contribution in [0, 0.1) is 17.8 Å². The lowest BCUT2D eigenvalue weighted by atomic mass is 9.69. The lowest BCUT2D eigenvalue weighted by Crippen LogP contribution is -2.46. The number of rotatable bonds is 2. The first-order valence-corrected chi connectivity index (χ1v) is 9.93. The largest absolute Gasteiger partial charge is 0.493 e. The third kappa shape index (κ3) is 2.50. The molecule has 2 heterocycles. The van der Waals surface area contributed by atoms with E-state index < -0.39 is 0 Å². The van der Waals surface area contributed by atoms with Gasteiger partial charge in [0.2, 0.25) is 0 Å². The van der Waals surface area contributed by atoms with Crippen LogP contribution in [-0.2, 0) is 5.41 Å². The molecular weight excluding hydrogens is 318 g/mol. The highest BCUT2D eigenvalue weighted by Crippen LogP contribution is 2.48. The van der Waals surface area contributed by atoms with Gasteiger partial charge in [0.1, 0.15) is 5.75 Å². The van der Waals surface area contributed by atoms with Crippen molar-refractivity contribution in [2.75, 3.05) is 26.2 Å². The van der Waals surface area contributed by atoms with E-state index in [4.69, 9.17) is 16.3 Å². The Hall–Kier alpha value is -0.990. The van der Waals surface area contributed by atoms with Crippen LogP contribution in [0.2, 0.25) is 5.02 Å². The number of likely N-dealkylation sites (tertiary alicyclic amines) is 1. The Morgan fingerprint density at radius 2 is 2.00 bits per heavy atom. The van der Waals surface area contributed by atoms with Crippen LogP contribution >= 0.6 is 11.6 Å². The molecule has 3 heteroatoms. The minimum absolute atomic E-state index is 0.295. The van der Waals surface area contributed by atoms with Gasteiger partial charge in [-0.25, -0.2) is 0 Å². The van der Waals surface area contributed by atoms with Gasteiger partial charge < -0.3 is 9.64 Å². The molecule has 2 aliphatic carbocycles. The lowest BCUT2D eigenvalue weighted by Gasteiger charge is -2.45. The van der Waals surface area contributed by atoms with Crippen LogP contribution in [-0.4, -0.2) is 31.1 Å². The molecule has 2 bridgehead atoms. The number of nitrogens with zero attached hydrogens (tertiary/aromatic N) is 1. The molecular formula is C21H26ClNO. The number of ether oxygens (including phenoxy) is 1. The van der Waals surface area contributed by atoms with Crippen molar-refractivity contribution in [1.82, 2.24) is 4.90 Å². The Balaban J connectivity index is 1.29. The molecule has 2 fully saturated rings. The van der Waals surface area contributed by atoms with Gasteiger partial charge in [0.15, 0.2) is 0 Å². The van der Waals surface area contributed by atoms with E-state index in [-0.39, 0.29) is 0 Å². The second kappa shape index (κ2) is 5.78. The summed E-state index contributed by atoms with van der Waals surface area (Å²) in [6.07, 6.45) is 11.4. The summed E-state index contributed by atoms with van der Waals surface area (Å²) in [4.78, 5) is 2.73. The molecule has 3 atom stereocenters. The topological polar surface area (TPSA) is 12.5 Å². The van der Waals surface area contributed by atoms with E-state index in [1.54, 1.807) is 0 Å². The highest BCUT2D eigenvalue weighted by molar-refractivity contribution is 6.30. The van der Waals surface area contributed by atoms with Crippen molar-refractivity contribution in [2.24, 2.45) is 17.8 Å². The van der Waals surface area contributed by atoms with E-state index in [0.29, 0.717) is 5.41 Å². The first-order valence-electron chi connectivity index (χ1n) is 9.55. The summed E-state index contributed by atoms with van der Waals surface area (Å²) in [5.41, 5.74) is 1.66. The Morgan fingerprint density at radius 3 is 2.75 bits per heavy atom. The normalized spacial score (nSPS) is 33.6. The molecule has 0 aromatic heterocycles.